The van der Waals surface area contributed by atoms with Gasteiger partial charge in [0.05, 0.1) is 0 Å². The van der Waals surface area contributed by atoms with E-state index in [1.165, 1.54) is 0 Å². The Labute approximate surface area is 111 Å². The lowest BCUT2D eigenvalue weighted by Gasteiger charge is -2.10. The fourth-order valence-electron chi connectivity index (χ4n) is 1.69. The molecule has 1 heterocycles. The second kappa shape index (κ2) is 5.89. The van der Waals surface area contributed by atoms with Crippen LogP contribution < -0.4 is 10.5 Å². The zero-order valence-electron chi connectivity index (χ0n) is 10.5. The van der Waals surface area contributed by atoms with Crippen molar-refractivity contribution in [2.45, 2.75) is 18.4 Å². The Bertz CT molecular complexity index is 543. The van der Waals surface area contributed by atoms with Gasteiger partial charge in [-0.3, -0.25) is 0 Å². The van der Waals surface area contributed by atoms with Crippen LogP contribution in [0.4, 0.5) is 0 Å². The summed E-state index contributed by atoms with van der Waals surface area (Å²) in [6.07, 6.45) is 2.02. The largest absolute Gasteiger partial charge is 0.438 e. The van der Waals surface area contributed by atoms with Gasteiger partial charge in [0.2, 0.25) is 5.88 Å². The number of aryl methyl sites for hydroxylation is 1. The zero-order chi connectivity index (χ0) is 13.0. The summed E-state index contributed by atoms with van der Waals surface area (Å²) in [5.41, 5.74) is 7.59. The highest BCUT2D eigenvalue weighted by molar-refractivity contribution is 7.98. The standard InChI is InChI=1S/C14H16N2OS/c1-10-7-11(9-15)8-14(16-10)17-12-5-3-4-6-13(12)18-2/h3-8H,9,15H2,1-2H3. The number of rotatable bonds is 4. The van der Waals surface area contributed by atoms with Crippen molar-refractivity contribution in [3.8, 4) is 11.6 Å². The number of ether oxygens (including phenoxy) is 1. The summed E-state index contributed by atoms with van der Waals surface area (Å²) >= 11 is 1.65. The average molecular weight is 260 g/mol. The van der Waals surface area contributed by atoms with E-state index in [1.54, 1.807) is 11.8 Å². The normalized spacial score (nSPS) is 10.4. The minimum absolute atomic E-state index is 0.490. The molecule has 0 aliphatic carbocycles. The molecule has 2 rings (SSSR count). The highest BCUT2D eigenvalue weighted by Gasteiger charge is 2.05. The number of aromatic nitrogens is 1. The van der Waals surface area contributed by atoms with E-state index in [0.717, 1.165) is 21.9 Å². The van der Waals surface area contributed by atoms with E-state index in [1.807, 2.05) is 49.6 Å². The van der Waals surface area contributed by atoms with Gasteiger partial charge in [-0.05, 0) is 36.9 Å². The van der Waals surface area contributed by atoms with Crippen LogP contribution in [-0.4, -0.2) is 11.2 Å². The van der Waals surface area contributed by atoms with E-state index < -0.39 is 0 Å². The van der Waals surface area contributed by atoms with Gasteiger partial charge in [-0.15, -0.1) is 11.8 Å². The van der Waals surface area contributed by atoms with Gasteiger partial charge in [0.1, 0.15) is 5.75 Å². The molecule has 2 N–H and O–H groups in total. The Morgan fingerprint density at radius 1 is 1.28 bits per heavy atom. The van der Waals surface area contributed by atoms with E-state index in [-0.39, 0.29) is 0 Å². The van der Waals surface area contributed by atoms with Crippen molar-refractivity contribution in [1.82, 2.24) is 4.98 Å². The summed E-state index contributed by atoms with van der Waals surface area (Å²) in [6.45, 7) is 2.43. The summed E-state index contributed by atoms with van der Waals surface area (Å²) in [4.78, 5) is 5.46. The number of nitrogens with two attached hydrogens (primary N) is 1. The molecule has 0 atom stereocenters. The van der Waals surface area contributed by atoms with Gasteiger partial charge in [0.25, 0.3) is 0 Å². The molecule has 0 radical (unpaired) electrons. The first-order valence-corrected chi connectivity index (χ1v) is 6.94. The fraction of sp³-hybridized carbons (Fsp3) is 0.214. The fourth-order valence-corrected chi connectivity index (χ4v) is 2.22. The van der Waals surface area contributed by atoms with Crippen LogP contribution in [0.25, 0.3) is 0 Å². The molecule has 0 saturated heterocycles. The lowest BCUT2D eigenvalue weighted by atomic mass is 10.2. The summed E-state index contributed by atoms with van der Waals surface area (Å²) in [6, 6.07) is 11.8. The summed E-state index contributed by atoms with van der Waals surface area (Å²) < 4.78 is 5.84. The quantitative estimate of drug-likeness (QED) is 0.856. The highest BCUT2D eigenvalue weighted by Crippen LogP contribution is 2.30. The molecule has 0 fully saturated rings. The first-order chi connectivity index (χ1) is 8.72. The molecule has 0 unspecified atom stereocenters. The van der Waals surface area contributed by atoms with Gasteiger partial charge >= 0.3 is 0 Å². The minimum Gasteiger partial charge on any atom is -0.438 e. The summed E-state index contributed by atoms with van der Waals surface area (Å²) in [5.74, 6) is 1.42. The van der Waals surface area contributed by atoms with Crippen LogP contribution in [0.1, 0.15) is 11.3 Å². The summed E-state index contributed by atoms with van der Waals surface area (Å²) in [7, 11) is 0. The van der Waals surface area contributed by atoms with Crippen molar-refractivity contribution >= 4 is 11.8 Å². The summed E-state index contributed by atoms with van der Waals surface area (Å²) in [5, 5.41) is 0. The third kappa shape index (κ3) is 3.03. The van der Waals surface area contributed by atoms with Gasteiger partial charge in [-0.2, -0.15) is 0 Å². The molecule has 94 valence electrons. The van der Waals surface area contributed by atoms with Gasteiger partial charge < -0.3 is 10.5 Å². The smallest absolute Gasteiger partial charge is 0.219 e. The number of hydrogen-bond donors (Lipinski definition) is 1. The van der Waals surface area contributed by atoms with Crippen LogP contribution in [0.3, 0.4) is 0 Å². The van der Waals surface area contributed by atoms with Crippen LogP contribution in [-0.2, 0) is 6.54 Å². The molecule has 0 amide bonds. The number of hydrogen-bond acceptors (Lipinski definition) is 4. The number of pyridine rings is 1. The maximum Gasteiger partial charge on any atom is 0.219 e. The molecule has 4 heteroatoms. The molecule has 0 bridgehead atoms. The highest BCUT2D eigenvalue weighted by atomic mass is 32.2. The van der Waals surface area contributed by atoms with Gasteiger partial charge in [0, 0.05) is 23.2 Å². The molecule has 0 spiro atoms. The number of nitrogens with zero attached hydrogens (tertiary/aromatic N) is 1. The van der Waals surface area contributed by atoms with Crippen molar-refractivity contribution in [3.05, 3.63) is 47.7 Å². The average Bonchev–Trinajstić information content (AvgIpc) is 2.38. The molecule has 1 aromatic heterocycles. The van der Waals surface area contributed by atoms with Crippen molar-refractivity contribution in [1.29, 1.82) is 0 Å². The minimum atomic E-state index is 0.490. The molecular formula is C14H16N2OS. The van der Waals surface area contributed by atoms with Crippen LogP contribution in [0.5, 0.6) is 11.6 Å². The van der Waals surface area contributed by atoms with Crippen molar-refractivity contribution in [3.63, 3.8) is 0 Å². The molecular weight excluding hydrogens is 244 g/mol. The SMILES string of the molecule is CSc1ccccc1Oc1cc(CN)cc(C)n1. The molecule has 0 saturated carbocycles. The zero-order valence-corrected chi connectivity index (χ0v) is 11.3. The molecule has 2 aromatic rings. The predicted molar refractivity (Wildman–Crippen MR) is 75.2 cm³/mol. The molecule has 0 aliphatic heterocycles. The Morgan fingerprint density at radius 3 is 2.78 bits per heavy atom. The monoisotopic (exact) mass is 260 g/mol. The molecule has 3 nitrogen and oxygen atoms in total. The topological polar surface area (TPSA) is 48.1 Å². The molecule has 1 aromatic carbocycles. The van der Waals surface area contributed by atoms with Gasteiger partial charge in [-0.1, -0.05) is 12.1 Å². The van der Waals surface area contributed by atoms with Crippen molar-refractivity contribution in [2.24, 2.45) is 5.73 Å². The van der Waals surface area contributed by atoms with Crippen molar-refractivity contribution in [2.75, 3.05) is 6.26 Å². The van der Waals surface area contributed by atoms with Gasteiger partial charge in [0.15, 0.2) is 0 Å². The maximum atomic E-state index is 5.84. The number of benzene rings is 1. The number of thioether (sulfide) groups is 1. The van der Waals surface area contributed by atoms with E-state index >= 15 is 0 Å². The lowest BCUT2D eigenvalue weighted by Crippen LogP contribution is -1.99. The van der Waals surface area contributed by atoms with Crippen LogP contribution in [0.2, 0.25) is 0 Å². The Kier molecular flexibility index (Phi) is 4.23. The molecule has 18 heavy (non-hydrogen) atoms. The van der Waals surface area contributed by atoms with Crippen LogP contribution in [0, 0.1) is 6.92 Å². The predicted octanol–water partition coefficient (Wildman–Crippen LogP) is 3.36. The molecule has 0 aliphatic rings. The Hall–Kier alpha value is -1.52. The van der Waals surface area contributed by atoms with Crippen LogP contribution >= 0.6 is 11.8 Å². The van der Waals surface area contributed by atoms with Gasteiger partial charge in [-0.25, -0.2) is 4.98 Å². The van der Waals surface area contributed by atoms with Crippen LogP contribution in [0.15, 0.2) is 41.3 Å². The first-order valence-electron chi connectivity index (χ1n) is 5.71. The van der Waals surface area contributed by atoms with E-state index in [0.29, 0.717) is 12.4 Å². The Balaban J connectivity index is 2.30. The van der Waals surface area contributed by atoms with E-state index in [9.17, 15) is 0 Å². The first kappa shape index (κ1) is 12.9. The van der Waals surface area contributed by atoms with E-state index in [2.05, 4.69) is 4.98 Å². The Morgan fingerprint density at radius 2 is 2.06 bits per heavy atom. The van der Waals surface area contributed by atoms with Crippen molar-refractivity contribution < 1.29 is 4.74 Å². The third-order valence-electron chi connectivity index (χ3n) is 2.51. The van der Waals surface area contributed by atoms with E-state index in [4.69, 9.17) is 10.5 Å². The number of para-hydroxylation sites is 1. The third-order valence-corrected chi connectivity index (χ3v) is 3.29. The second-order valence-electron chi connectivity index (χ2n) is 3.91. The second-order valence-corrected chi connectivity index (χ2v) is 4.76. The maximum absolute atomic E-state index is 5.84. The lowest BCUT2D eigenvalue weighted by molar-refractivity contribution is 0.450.